The Kier molecular flexibility index (Phi) is 3.22. The molecule has 0 N–H and O–H groups in total. The fourth-order valence-corrected chi connectivity index (χ4v) is 2.48. The molecule has 0 unspecified atom stereocenters. The van der Waals surface area contributed by atoms with E-state index in [1.54, 1.807) is 0 Å². The maximum absolute atomic E-state index is 5.83. The van der Waals surface area contributed by atoms with Crippen molar-refractivity contribution in [3.8, 4) is 0 Å². The summed E-state index contributed by atoms with van der Waals surface area (Å²) in [5.74, 6) is 1.60. The van der Waals surface area contributed by atoms with Crippen LogP contribution < -0.4 is 5.59 Å². The molecule has 1 aromatic rings. The zero-order valence-electron chi connectivity index (χ0n) is 12.3. The first-order valence-electron chi connectivity index (χ1n) is 7.28. The van der Waals surface area contributed by atoms with Crippen LogP contribution in [-0.4, -0.2) is 29.9 Å². The lowest BCUT2D eigenvalue weighted by Crippen LogP contribution is -2.48. The van der Waals surface area contributed by atoms with Crippen molar-refractivity contribution in [2.75, 3.05) is 13.2 Å². The molecule has 19 heavy (non-hydrogen) atoms. The Balaban J connectivity index is 1.80. The van der Waals surface area contributed by atoms with Crippen molar-refractivity contribution >= 4 is 12.7 Å². The molecular weight excluding hydrogens is 239 g/mol. The normalized spacial score (nSPS) is 23.1. The zero-order chi connectivity index (χ0) is 13.6. The second-order valence-electron chi connectivity index (χ2n) is 6.94. The number of aromatic nitrogens is 2. The second-order valence-corrected chi connectivity index (χ2v) is 6.94. The van der Waals surface area contributed by atoms with E-state index >= 15 is 0 Å². The highest BCUT2D eigenvalue weighted by atomic mass is 16.6. The zero-order valence-corrected chi connectivity index (χ0v) is 12.3. The van der Waals surface area contributed by atoms with Crippen LogP contribution in [0.5, 0.6) is 0 Å². The topological polar surface area (TPSA) is 36.3 Å². The first-order chi connectivity index (χ1) is 8.96. The van der Waals surface area contributed by atoms with Crippen LogP contribution in [0.2, 0.25) is 0 Å². The standard InChI is InChI=1S/C14H23BN2O2/c1-10(2)13-16-12(7-17(13)11-5-6-11)15-18-8-14(3,4)9-19-15/h7,10-11H,5-6,8-9H2,1-4H3. The van der Waals surface area contributed by atoms with Crippen molar-refractivity contribution in [2.45, 2.75) is 52.5 Å². The maximum atomic E-state index is 5.83. The lowest BCUT2D eigenvalue weighted by atomic mass is 9.80. The number of nitrogens with zero attached hydrogens (tertiary/aromatic N) is 2. The third kappa shape index (κ3) is 2.72. The molecule has 1 aliphatic carbocycles. The minimum atomic E-state index is -0.287. The molecule has 0 spiro atoms. The fraction of sp³-hybridized carbons (Fsp3) is 0.786. The monoisotopic (exact) mass is 262 g/mol. The maximum Gasteiger partial charge on any atom is 0.515 e. The molecular formula is C14H23BN2O2. The van der Waals surface area contributed by atoms with E-state index < -0.39 is 0 Å². The third-order valence-electron chi connectivity index (χ3n) is 3.73. The van der Waals surface area contributed by atoms with Gasteiger partial charge in [0, 0.05) is 36.8 Å². The highest BCUT2D eigenvalue weighted by molar-refractivity contribution is 6.60. The Labute approximate surface area is 115 Å². The van der Waals surface area contributed by atoms with Crippen molar-refractivity contribution in [1.82, 2.24) is 9.55 Å². The minimum Gasteiger partial charge on any atom is -0.406 e. The number of hydrogen-bond acceptors (Lipinski definition) is 3. The van der Waals surface area contributed by atoms with Crippen LogP contribution >= 0.6 is 0 Å². The molecule has 2 aliphatic rings. The van der Waals surface area contributed by atoms with Gasteiger partial charge in [-0.3, -0.25) is 0 Å². The molecule has 0 aromatic carbocycles. The van der Waals surface area contributed by atoms with Crippen LogP contribution in [0.4, 0.5) is 0 Å². The highest BCUT2D eigenvalue weighted by Crippen LogP contribution is 2.36. The van der Waals surface area contributed by atoms with Crippen LogP contribution in [0.1, 0.15) is 58.3 Å². The van der Waals surface area contributed by atoms with E-state index in [-0.39, 0.29) is 12.5 Å². The van der Waals surface area contributed by atoms with Gasteiger partial charge >= 0.3 is 7.12 Å². The van der Waals surface area contributed by atoms with Crippen LogP contribution in [0.15, 0.2) is 6.20 Å². The van der Waals surface area contributed by atoms with Crippen LogP contribution in [0, 0.1) is 5.41 Å². The summed E-state index contributed by atoms with van der Waals surface area (Å²) in [7, 11) is -0.287. The van der Waals surface area contributed by atoms with Gasteiger partial charge in [0.25, 0.3) is 0 Å². The molecule has 0 atom stereocenters. The number of hydrogen-bond donors (Lipinski definition) is 0. The molecule has 0 radical (unpaired) electrons. The summed E-state index contributed by atoms with van der Waals surface area (Å²) in [5, 5.41) is 0. The van der Waals surface area contributed by atoms with E-state index in [0.29, 0.717) is 12.0 Å². The predicted octanol–water partition coefficient (Wildman–Crippen LogP) is 2.11. The van der Waals surface area contributed by atoms with E-state index in [9.17, 15) is 0 Å². The first kappa shape index (κ1) is 13.2. The largest absolute Gasteiger partial charge is 0.515 e. The Bertz CT molecular complexity index is 437. The van der Waals surface area contributed by atoms with E-state index in [0.717, 1.165) is 24.6 Å². The Hall–Kier alpha value is -0.805. The molecule has 0 amide bonds. The van der Waals surface area contributed by atoms with Crippen LogP contribution in [0.3, 0.4) is 0 Å². The highest BCUT2D eigenvalue weighted by Gasteiger charge is 2.37. The molecule has 1 aromatic heterocycles. The van der Waals surface area contributed by atoms with Gasteiger partial charge in [-0.2, -0.15) is 0 Å². The van der Waals surface area contributed by atoms with Crippen molar-refractivity contribution in [3.63, 3.8) is 0 Å². The van der Waals surface area contributed by atoms with E-state index in [1.165, 1.54) is 12.8 Å². The van der Waals surface area contributed by atoms with Gasteiger partial charge in [0.05, 0.1) is 5.59 Å². The first-order valence-corrected chi connectivity index (χ1v) is 7.28. The van der Waals surface area contributed by atoms with Crippen LogP contribution in [0.25, 0.3) is 0 Å². The van der Waals surface area contributed by atoms with Crippen molar-refractivity contribution in [2.24, 2.45) is 5.41 Å². The van der Waals surface area contributed by atoms with E-state index in [4.69, 9.17) is 14.3 Å². The van der Waals surface area contributed by atoms with Gasteiger partial charge in [0.1, 0.15) is 5.82 Å². The van der Waals surface area contributed by atoms with Gasteiger partial charge in [-0.05, 0) is 12.8 Å². The third-order valence-corrected chi connectivity index (χ3v) is 3.73. The van der Waals surface area contributed by atoms with Crippen molar-refractivity contribution in [1.29, 1.82) is 0 Å². The summed E-state index contributed by atoms with van der Waals surface area (Å²) in [6, 6.07) is 0.652. The Morgan fingerprint density at radius 2 is 1.95 bits per heavy atom. The number of rotatable bonds is 3. The van der Waals surface area contributed by atoms with Gasteiger partial charge < -0.3 is 13.9 Å². The summed E-state index contributed by atoms with van der Waals surface area (Å²) in [6.07, 6.45) is 4.68. The molecule has 0 bridgehead atoms. The summed E-state index contributed by atoms with van der Waals surface area (Å²) in [6.45, 7) is 10.2. The van der Waals surface area contributed by atoms with E-state index in [2.05, 4.69) is 38.5 Å². The second kappa shape index (κ2) is 4.63. The molecule has 4 nitrogen and oxygen atoms in total. The average Bonchev–Trinajstić information content (AvgIpc) is 3.08. The average molecular weight is 262 g/mol. The quantitative estimate of drug-likeness (QED) is 0.783. The molecule has 1 saturated heterocycles. The van der Waals surface area contributed by atoms with Gasteiger partial charge in [0.15, 0.2) is 0 Å². The summed E-state index contributed by atoms with van der Waals surface area (Å²) in [5.41, 5.74) is 1.04. The summed E-state index contributed by atoms with van der Waals surface area (Å²) >= 11 is 0. The van der Waals surface area contributed by atoms with Gasteiger partial charge in [-0.1, -0.05) is 27.7 Å². The number of imidazole rings is 1. The predicted molar refractivity (Wildman–Crippen MR) is 75.7 cm³/mol. The molecule has 1 aliphatic heterocycles. The minimum absolute atomic E-state index is 0.108. The Morgan fingerprint density at radius 3 is 2.47 bits per heavy atom. The van der Waals surface area contributed by atoms with Crippen molar-refractivity contribution < 1.29 is 9.31 Å². The Morgan fingerprint density at radius 1 is 1.32 bits per heavy atom. The molecule has 104 valence electrons. The lowest BCUT2D eigenvalue weighted by molar-refractivity contribution is 0.0340. The molecule has 2 fully saturated rings. The smallest absolute Gasteiger partial charge is 0.406 e. The van der Waals surface area contributed by atoms with Gasteiger partial charge in [0.2, 0.25) is 0 Å². The molecule has 2 heterocycles. The SMILES string of the molecule is CC(C)c1nc(B2OCC(C)(C)CO2)cn1C1CC1. The summed E-state index contributed by atoms with van der Waals surface area (Å²) in [4.78, 5) is 4.76. The van der Waals surface area contributed by atoms with Gasteiger partial charge in [-0.15, -0.1) is 0 Å². The molecule has 5 heteroatoms. The van der Waals surface area contributed by atoms with Crippen LogP contribution in [-0.2, 0) is 9.31 Å². The van der Waals surface area contributed by atoms with E-state index in [1.807, 2.05) is 0 Å². The lowest BCUT2D eigenvalue weighted by Gasteiger charge is -2.32. The molecule has 1 saturated carbocycles. The molecule has 3 rings (SSSR count). The fourth-order valence-electron chi connectivity index (χ4n) is 2.48. The van der Waals surface area contributed by atoms with Gasteiger partial charge in [-0.25, -0.2) is 4.98 Å². The van der Waals surface area contributed by atoms with Crippen molar-refractivity contribution in [3.05, 3.63) is 12.0 Å². The summed E-state index contributed by atoms with van der Waals surface area (Å²) < 4.78 is 14.0.